The van der Waals surface area contributed by atoms with Crippen molar-refractivity contribution >= 4 is 19.7 Å². The summed E-state index contributed by atoms with van der Waals surface area (Å²) in [6.45, 7) is 1.71. The van der Waals surface area contributed by atoms with Gasteiger partial charge in [0.1, 0.15) is 0 Å². The van der Waals surface area contributed by atoms with Crippen LogP contribution in [-0.4, -0.2) is 18.6 Å². The SMILES string of the molecule is Cc1cnnc(S(=O)(=O)Cl)c1. The molecular weight excluding hydrogens is 188 g/mol. The van der Waals surface area contributed by atoms with E-state index in [1.54, 1.807) is 6.92 Å². The molecule has 0 atom stereocenters. The zero-order valence-corrected chi connectivity index (χ0v) is 7.22. The fourth-order valence-corrected chi connectivity index (χ4v) is 1.25. The van der Waals surface area contributed by atoms with Gasteiger partial charge < -0.3 is 0 Å². The third kappa shape index (κ3) is 2.13. The predicted octanol–water partition coefficient (Wildman–Crippen LogP) is 0.713. The van der Waals surface area contributed by atoms with Gasteiger partial charge in [-0.05, 0) is 18.6 Å². The van der Waals surface area contributed by atoms with Gasteiger partial charge in [-0.25, -0.2) is 8.42 Å². The van der Waals surface area contributed by atoms with Gasteiger partial charge in [-0.2, -0.15) is 5.10 Å². The van der Waals surface area contributed by atoms with E-state index in [0.717, 1.165) is 0 Å². The fraction of sp³-hybridized carbons (Fsp3) is 0.200. The Bertz CT molecular complexity index is 363. The van der Waals surface area contributed by atoms with Crippen LogP contribution in [0.4, 0.5) is 0 Å². The van der Waals surface area contributed by atoms with Crippen LogP contribution in [0.5, 0.6) is 0 Å². The Balaban J connectivity index is 3.28. The first-order valence-corrected chi connectivity index (χ1v) is 5.05. The molecule has 0 aliphatic carbocycles. The van der Waals surface area contributed by atoms with Gasteiger partial charge in [0.25, 0.3) is 9.05 Å². The van der Waals surface area contributed by atoms with Crippen LogP contribution in [0.1, 0.15) is 5.56 Å². The highest BCUT2D eigenvalue weighted by atomic mass is 35.7. The van der Waals surface area contributed by atoms with Gasteiger partial charge in [-0.1, -0.05) is 0 Å². The summed E-state index contributed by atoms with van der Waals surface area (Å²) in [5, 5.41) is 6.57. The number of halogens is 1. The lowest BCUT2D eigenvalue weighted by molar-refractivity contribution is 0.603. The predicted molar refractivity (Wildman–Crippen MR) is 39.8 cm³/mol. The second-order valence-electron chi connectivity index (χ2n) is 2.01. The summed E-state index contributed by atoms with van der Waals surface area (Å²) < 4.78 is 21.3. The molecule has 0 radical (unpaired) electrons. The Kier molecular flexibility index (Phi) is 2.10. The molecule has 1 aromatic rings. The average Bonchev–Trinajstić information content (AvgIpc) is 1.86. The molecule has 4 nitrogen and oxygen atoms in total. The van der Waals surface area contributed by atoms with E-state index >= 15 is 0 Å². The van der Waals surface area contributed by atoms with Crippen LogP contribution in [0.25, 0.3) is 0 Å². The van der Waals surface area contributed by atoms with Crippen LogP contribution < -0.4 is 0 Å². The maximum Gasteiger partial charge on any atom is 0.280 e. The molecule has 11 heavy (non-hydrogen) atoms. The zero-order chi connectivity index (χ0) is 8.48. The Hall–Kier alpha value is -0.680. The van der Waals surface area contributed by atoms with E-state index in [2.05, 4.69) is 10.2 Å². The molecule has 0 amide bonds. The minimum absolute atomic E-state index is 0.209. The van der Waals surface area contributed by atoms with Crippen molar-refractivity contribution < 1.29 is 8.42 Å². The van der Waals surface area contributed by atoms with Crippen molar-refractivity contribution in [1.29, 1.82) is 0 Å². The lowest BCUT2D eigenvalue weighted by atomic mass is 10.4. The summed E-state index contributed by atoms with van der Waals surface area (Å²) >= 11 is 0. The second kappa shape index (κ2) is 2.75. The van der Waals surface area contributed by atoms with Gasteiger partial charge >= 0.3 is 0 Å². The highest BCUT2D eigenvalue weighted by Gasteiger charge is 2.11. The molecule has 0 unspecified atom stereocenters. The molecule has 0 saturated carbocycles. The van der Waals surface area contributed by atoms with E-state index in [4.69, 9.17) is 10.7 Å². The number of aromatic nitrogens is 2. The molecule has 6 heteroatoms. The molecule has 0 aromatic carbocycles. The zero-order valence-electron chi connectivity index (χ0n) is 5.65. The van der Waals surface area contributed by atoms with Crippen molar-refractivity contribution in [2.75, 3.05) is 0 Å². The molecule has 0 bridgehead atoms. The highest BCUT2D eigenvalue weighted by molar-refractivity contribution is 8.13. The quantitative estimate of drug-likeness (QED) is 0.615. The van der Waals surface area contributed by atoms with E-state index in [1.807, 2.05) is 0 Å². The lowest BCUT2D eigenvalue weighted by Gasteiger charge is -1.93. The average molecular weight is 193 g/mol. The summed E-state index contributed by atoms with van der Waals surface area (Å²) in [5.41, 5.74) is 0.708. The van der Waals surface area contributed by atoms with Gasteiger partial charge in [-0.15, -0.1) is 5.10 Å². The van der Waals surface area contributed by atoms with Crippen molar-refractivity contribution in [2.45, 2.75) is 11.9 Å². The van der Waals surface area contributed by atoms with Gasteiger partial charge in [0.2, 0.25) is 0 Å². The monoisotopic (exact) mass is 192 g/mol. The molecule has 1 rings (SSSR count). The lowest BCUT2D eigenvalue weighted by Crippen LogP contribution is -1.97. The number of rotatable bonds is 1. The fourth-order valence-electron chi connectivity index (χ4n) is 0.557. The van der Waals surface area contributed by atoms with Gasteiger partial charge in [-0.3, -0.25) is 0 Å². The van der Waals surface area contributed by atoms with Crippen LogP contribution in [-0.2, 0) is 9.05 Å². The van der Waals surface area contributed by atoms with Crippen molar-refractivity contribution in [1.82, 2.24) is 10.2 Å². The Morgan fingerprint density at radius 2 is 2.18 bits per heavy atom. The van der Waals surface area contributed by atoms with Crippen LogP contribution in [0.2, 0.25) is 0 Å². The van der Waals surface area contributed by atoms with E-state index in [1.165, 1.54) is 12.3 Å². The van der Waals surface area contributed by atoms with E-state index < -0.39 is 9.05 Å². The molecule has 0 aliphatic heterocycles. The van der Waals surface area contributed by atoms with Crippen molar-refractivity contribution in [3.05, 3.63) is 17.8 Å². The minimum Gasteiger partial charge on any atom is -0.205 e. The van der Waals surface area contributed by atoms with E-state index in [9.17, 15) is 8.42 Å². The topological polar surface area (TPSA) is 59.9 Å². The summed E-state index contributed by atoms with van der Waals surface area (Å²) in [6, 6.07) is 1.36. The van der Waals surface area contributed by atoms with Gasteiger partial charge in [0.15, 0.2) is 5.03 Å². The number of aryl methyl sites for hydroxylation is 1. The third-order valence-corrected chi connectivity index (χ3v) is 2.19. The number of hydrogen-bond acceptors (Lipinski definition) is 4. The molecule has 0 spiro atoms. The summed E-state index contributed by atoms with van der Waals surface area (Å²) in [5.74, 6) is 0. The van der Waals surface area contributed by atoms with Crippen LogP contribution in [0.15, 0.2) is 17.3 Å². The van der Waals surface area contributed by atoms with E-state index in [0.29, 0.717) is 5.56 Å². The van der Waals surface area contributed by atoms with Gasteiger partial charge in [0.05, 0.1) is 6.20 Å². The molecule has 1 heterocycles. The van der Waals surface area contributed by atoms with Gasteiger partial charge in [0, 0.05) is 10.7 Å². The maximum absolute atomic E-state index is 10.6. The highest BCUT2D eigenvalue weighted by Crippen LogP contribution is 2.10. The first kappa shape index (κ1) is 8.42. The molecule has 60 valence electrons. The van der Waals surface area contributed by atoms with Crippen LogP contribution >= 0.6 is 10.7 Å². The van der Waals surface area contributed by atoms with E-state index in [-0.39, 0.29) is 5.03 Å². The molecular formula is C5H5ClN2O2S. The Labute approximate surface area is 68.6 Å². The largest absolute Gasteiger partial charge is 0.280 e. The van der Waals surface area contributed by atoms with Crippen molar-refractivity contribution in [3.8, 4) is 0 Å². The maximum atomic E-state index is 10.6. The normalized spacial score (nSPS) is 11.5. The minimum atomic E-state index is -3.73. The smallest absolute Gasteiger partial charge is 0.205 e. The summed E-state index contributed by atoms with van der Waals surface area (Å²) in [4.78, 5) is 0. The number of nitrogens with zero attached hydrogens (tertiary/aromatic N) is 2. The first-order chi connectivity index (χ1) is 5.00. The number of hydrogen-bond donors (Lipinski definition) is 0. The second-order valence-corrected chi connectivity index (χ2v) is 4.52. The Morgan fingerprint density at radius 1 is 1.55 bits per heavy atom. The third-order valence-electron chi connectivity index (χ3n) is 1.02. The molecule has 0 fully saturated rings. The Morgan fingerprint density at radius 3 is 2.55 bits per heavy atom. The first-order valence-electron chi connectivity index (χ1n) is 2.74. The molecule has 0 saturated heterocycles. The van der Waals surface area contributed by atoms with Crippen molar-refractivity contribution in [3.63, 3.8) is 0 Å². The molecule has 0 aliphatic rings. The standard InChI is InChI=1S/C5H5ClN2O2S/c1-4-2-5(8-7-3-4)11(6,9)10/h2-3H,1H3. The van der Waals surface area contributed by atoms with Crippen LogP contribution in [0.3, 0.4) is 0 Å². The summed E-state index contributed by atoms with van der Waals surface area (Å²) in [7, 11) is 1.27. The van der Waals surface area contributed by atoms with Crippen LogP contribution in [0, 0.1) is 6.92 Å². The molecule has 0 N–H and O–H groups in total. The van der Waals surface area contributed by atoms with Crippen molar-refractivity contribution in [2.24, 2.45) is 0 Å². The summed E-state index contributed by atoms with van der Waals surface area (Å²) in [6.07, 6.45) is 1.45. The molecule has 1 aromatic heterocycles.